The average Bonchev–Trinajstić information content (AvgIpc) is 2.25. The molecule has 0 aromatic heterocycles. The lowest BCUT2D eigenvalue weighted by molar-refractivity contribution is 0.0121. The van der Waals surface area contributed by atoms with Crippen molar-refractivity contribution >= 4 is 0 Å². The minimum atomic E-state index is -0.179. The van der Waals surface area contributed by atoms with E-state index in [4.69, 9.17) is 5.11 Å². The molecule has 0 aromatic carbocycles. The van der Waals surface area contributed by atoms with E-state index in [1.54, 1.807) is 0 Å². The van der Waals surface area contributed by atoms with Crippen LogP contribution in [0.25, 0.3) is 0 Å². The molecular weight excluding hydrogens is 190 g/mol. The number of hydrogen-bond donors (Lipinski definition) is 2. The molecule has 15 heavy (non-hydrogen) atoms. The van der Waals surface area contributed by atoms with Gasteiger partial charge in [-0.25, -0.2) is 0 Å². The van der Waals surface area contributed by atoms with E-state index < -0.39 is 0 Å². The molecule has 0 spiro atoms. The van der Waals surface area contributed by atoms with Crippen LogP contribution in [0.4, 0.5) is 0 Å². The maximum absolute atomic E-state index is 9.94. The van der Waals surface area contributed by atoms with Crippen molar-refractivity contribution in [2.75, 3.05) is 19.7 Å². The first-order chi connectivity index (χ1) is 7.29. The largest absolute Gasteiger partial charge is 0.395 e. The van der Waals surface area contributed by atoms with E-state index >= 15 is 0 Å². The number of aliphatic hydroxyl groups excluding tert-OH is 2. The lowest BCUT2D eigenvalue weighted by Crippen LogP contribution is -2.47. The topological polar surface area (TPSA) is 43.7 Å². The molecule has 3 nitrogen and oxygen atoms in total. The summed E-state index contributed by atoms with van der Waals surface area (Å²) in [5.41, 5.74) is 0. The van der Waals surface area contributed by atoms with E-state index in [1.165, 1.54) is 12.8 Å². The molecule has 0 saturated heterocycles. The quantitative estimate of drug-likeness (QED) is 0.703. The summed E-state index contributed by atoms with van der Waals surface area (Å²) >= 11 is 0. The van der Waals surface area contributed by atoms with Crippen molar-refractivity contribution < 1.29 is 10.2 Å². The Morgan fingerprint density at radius 3 is 2.53 bits per heavy atom. The number of unbranched alkanes of at least 4 members (excludes halogenated alkanes) is 1. The lowest BCUT2D eigenvalue weighted by atomic mass is 9.91. The average molecular weight is 215 g/mol. The second-order valence-electron chi connectivity index (χ2n) is 4.53. The van der Waals surface area contributed by atoms with Gasteiger partial charge in [-0.3, -0.25) is 4.90 Å². The van der Waals surface area contributed by atoms with Gasteiger partial charge in [0, 0.05) is 12.6 Å². The van der Waals surface area contributed by atoms with Crippen LogP contribution in [-0.2, 0) is 0 Å². The van der Waals surface area contributed by atoms with Gasteiger partial charge in [0.1, 0.15) is 0 Å². The fourth-order valence-electron chi connectivity index (χ4n) is 2.45. The van der Waals surface area contributed by atoms with Crippen molar-refractivity contribution in [2.45, 2.75) is 57.6 Å². The minimum absolute atomic E-state index is 0.179. The molecule has 1 fully saturated rings. The van der Waals surface area contributed by atoms with Crippen molar-refractivity contribution in [3.63, 3.8) is 0 Å². The maximum Gasteiger partial charge on any atom is 0.0695 e. The van der Waals surface area contributed by atoms with Gasteiger partial charge in [-0.1, -0.05) is 26.2 Å². The fourth-order valence-corrected chi connectivity index (χ4v) is 2.45. The summed E-state index contributed by atoms with van der Waals surface area (Å²) in [7, 11) is 0. The van der Waals surface area contributed by atoms with Crippen LogP contribution in [0.5, 0.6) is 0 Å². The zero-order valence-corrected chi connectivity index (χ0v) is 9.86. The first-order valence-corrected chi connectivity index (χ1v) is 6.32. The number of hydrogen-bond acceptors (Lipinski definition) is 3. The van der Waals surface area contributed by atoms with Crippen molar-refractivity contribution in [3.8, 4) is 0 Å². The molecule has 0 aliphatic heterocycles. The number of rotatable bonds is 6. The van der Waals surface area contributed by atoms with Crippen molar-refractivity contribution in [1.82, 2.24) is 4.90 Å². The van der Waals surface area contributed by atoms with Crippen LogP contribution in [0.3, 0.4) is 0 Å². The zero-order valence-electron chi connectivity index (χ0n) is 9.86. The Morgan fingerprint density at radius 1 is 1.20 bits per heavy atom. The molecule has 2 atom stereocenters. The normalized spacial score (nSPS) is 27.2. The summed E-state index contributed by atoms with van der Waals surface area (Å²) in [6.07, 6.45) is 6.54. The van der Waals surface area contributed by atoms with Gasteiger partial charge in [0.2, 0.25) is 0 Å². The Morgan fingerprint density at radius 2 is 1.93 bits per heavy atom. The monoisotopic (exact) mass is 215 g/mol. The molecule has 0 heterocycles. The molecule has 0 amide bonds. The summed E-state index contributed by atoms with van der Waals surface area (Å²) in [6.45, 7) is 4.10. The number of aliphatic hydroxyl groups is 2. The molecule has 2 N–H and O–H groups in total. The first kappa shape index (κ1) is 12.9. The second-order valence-corrected chi connectivity index (χ2v) is 4.53. The van der Waals surface area contributed by atoms with E-state index in [9.17, 15) is 5.11 Å². The highest BCUT2D eigenvalue weighted by Crippen LogP contribution is 2.23. The summed E-state index contributed by atoms with van der Waals surface area (Å²) in [5, 5.41) is 19.0. The molecule has 0 bridgehead atoms. The third-order valence-electron chi connectivity index (χ3n) is 3.35. The third-order valence-corrected chi connectivity index (χ3v) is 3.35. The Bertz CT molecular complexity index is 164. The van der Waals surface area contributed by atoms with Gasteiger partial charge in [-0.2, -0.15) is 0 Å². The van der Waals surface area contributed by atoms with Crippen LogP contribution in [0.15, 0.2) is 0 Å². The van der Waals surface area contributed by atoms with Gasteiger partial charge < -0.3 is 10.2 Å². The van der Waals surface area contributed by atoms with Crippen LogP contribution in [-0.4, -0.2) is 47.0 Å². The van der Waals surface area contributed by atoms with Gasteiger partial charge in [0.15, 0.2) is 0 Å². The molecule has 1 aliphatic carbocycles. The molecule has 1 rings (SSSR count). The predicted molar refractivity (Wildman–Crippen MR) is 61.8 cm³/mol. The predicted octanol–water partition coefficient (Wildman–Crippen LogP) is 1.38. The Kier molecular flexibility index (Phi) is 6.22. The molecule has 0 unspecified atom stereocenters. The van der Waals surface area contributed by atoms with E-state index in [-0.39, 0.29) is 18.8 Å². The van der Waals surface area contributed by atoms with Gasteiger partial charge in [-0.15, -0.1) is 0 Å². The van der Waals surface area contributed by atoms with E-state index in [0.717, 1.165) is 32.2 Å². The molecule has 0 aromatic rings. The van der Waals surface area contributed by atoms with Crippen LogP contribution in [0, 0.1) is 0 Å². The zero-order chi connectivity index (χ0) is 11.1. The minimum Gasteiger partial charge on any atom is -0.395 e. The Balaban J connectivity index is 2.44. The van der Waals surface area contributed by atoms with Crippen LogP contribution < -0.4 is 0 Å². The maximum atomic E-state index is 9.94. The molecule has 0 radical (unpaired) electrons. The lowest BCUT2D eigenvalue weighted by Gasteiger charge is -2.37. The Hall–Kier alpha value is -0.120. The highest BCUT2D eigenvalue weighted by Gasteiger charge is 2.27. The summed E-state index contributed by atoms with van der Waals surface area (Å²) in [6, 6.07) is 0.289. The first-order valence-electron chi connectivity index (χ1n) is 6.32. The van der Waals surface area contributed by atoms with Gasteiger partial charge >= 0.3 is 0 Å². The summed E-state index contributed by atoms with van der Waals surface area (Å²) < 4.78 is 0. The van der Waals surface area contributed by atoms with E-state index in [2.05, 4.69) is 11.8 Å². The molecule has 1 aliphatic rings. The SMILES string of the molecule is CCCCN(CCO)[C@H]1CCCC[C@@H]1O. The summed E-state index contributed by atoms with van der Waals surface area (Å²) in [4.78, 5) is 2.27. The van der Waals surface area contributed by atoms with Crippen molar-refractivity contribution in [3.05, 3.63) is 0 Å². The van der Waals surface area contributed by atoms with Crippen LogP contribution in [0.1, 0.15) is 45.4 Å². The van der Waals surface area contributed by atoms with Crippen molar-refractivity contribution in [2.24, 2.45) is 0 Å². The van der Waals surface area contributed by atoms with Gasteiger partial charge in [0.05, 0.1) is 12.7 Å². The molecular formula is C12H25NO2. The van der Waals surface area contributed by atoms with E-state index in [0.29, 0.717) is 6.54 Å². The summed E-state index contributed by atoms with van der Waals surface area (Å²) in [5.74, 6) is 0. The highest BCUT2D eigenvalue weighted by molar-refractivity contribution is 4.82. The van der Waals surface area contributed by atoms with Gasteiger partial charge in [-0.05, 0) is 25.8 Å². The third kappa shape index (κ3) is 4.09. The molecule has 90 valence electrons. The molecule has 1 saturated carbocycles. The molecule has 3 heteroatoms. The highest BCUT2D eigenvalue weighted by atomic mass is 16.3. The van der Waals surface area contributed by atoms with Crippen LogP contribution in [0.2, 0.25) is 0 Å². The Labute approximate surface area is 93.1 Å². The van der Waals surface area contributed by atoms with Crippen molar-refractivity contribution in [1.29, 1.82) is 0 Å². The number of nitrogens with zero attached hydrogens (tertiary/aromatic N) is 1. The smallest absolute Gasteiger partial charge is 0.0695 e. The van der Waals surface area contributed by atoms with Crippen LogP contribution >= 0.6 is 0 Å². The van der Waals surface area contributed by atoms with E-state index in [1.807, 2.05) is 0 Å². The fraction of sp³-hybridized carbons (Fsp3) is 1.00. The second kappa shape index (κ2) is 7.20. The van der Waals surface area contributed by atoms with Gasteiger partial charge in [0.25, 0.3) is 0 Å². The standard InChI is InChI=1S/C12H25NO2/c1-2-3-8-13(9-10-14)11-6-4-5-7-12(11)15/h11-12,14-15H,2-10H2,1H3/t11-,12-/m0/s1.